The number of carbonyl (C=O) groups excluding carboxylic acids is 1. The molecule has 1 saturated carbocycles. The highest BCUT2D eigenvalue weighted by molar-refractivity contribution is 7.91. The Labute approximate surface area is 157 Å². The fourth-order valence-electron chi connectivity index (χ4n) is 3.61. The highest BCUT2D eigenvalue weighted by Gasteiger charge is 2.42. The molecular formula is C19H20N2O3S2. The molecule has 1 fully saturated rings. The van der Waals surface area contributed by atoms with Gasteiger partial charge in [0.1, 0.15) is 11.8 Å². The van der Waals surface area contributed by atoms with Crippen molar-refractivity contribution in [3.63, 3.8) is 0 Å². The Hall–Kier alpha value is -2.04. The first-order chi connectivity index (χ1) is 12.5. The molecule has 1 aliphatic rings. The van der Waals surface area contributed by atoms with Crippen LogP contribution < -0.4 is 0 Å². The molecule has 2 aromatic heterocycles. The predicted molar refractivity (Wildman–Crippen MR) is 101 cm³/mol. The van der Waals surface area contributed by atoms with Gasteiger partial charge in [-0.05, 0) is 47.4 Å². The van der Waals surface area contributed by atoms with Crippen molar-refractivity contribution in [2.75, 3.05) is 5.75 Å². The molecule has 26 heavy (non-hydrogen) atoms. The van der Waals surface area contributed by atoms with Gasteiger partial charge >= 0.3 is 0 Å². The summed E-state index contributed by atoms with van der Waals surface area (Å²) in [5.74, 6) is -0.960. The highest BCUT2D eigenvalue weighted by Crippen LogP contribution is 2.41. The Kier molecular flexibility index (Phi) is 5.54. The van der Waals surface area contributed by atoms with Crippen molar-refractivity contribution < 1.29 is 13.2 Å². The van der Waals surface area contributed by atoms with Gasteiger partial charge in [0.25, 0.3) is 0 Å². The molecule has 0 aromatic carbocycles. The molecule has 0 saturated heterocycles. The minimum absolute atomic E-state index is 0.204. The maximum Gasteiger partial charge on any atom is 0.163 e. The van der Waals surface area contributed by atoms with Crippen molar-refractivity contribution in [3.8, 4) is 6.07 Å². The molecule has 2 heterocycles. The van der Waals surface area contributed by atoms with Crippen LogP contribution in [0.5, 0.6) is 0 Å². The van der Waals surface area contributed by atoms with E-state index in [2.05, 4.69) is 4.98 Å². The van der Waals surface area contributed by atoms with E-state index in [0.29, 0.717) is 24.1 Å². The number of nitriles is 1. The average Bonchev–Trinajstić information content (AvgIpc) is 3.17. The second-order valence-corrected chi connectivity index (χ2v) is 9.60. The molecule has 3 rings (SSSR count). The molecule has 1 aliphatic carbocycles. The third kappa shape index (κ3) is 4.02. The summed E-state index contributed by atoms with van der Waals surface area (Å²) in [6, 6.07) is 6.95. The number of carbonyl (C=O) groups is 1. The van der Waals surface area contributed by atoms with Crippen LogP contribution in [0.1, 0.15) is 48.9 Å². The van der Waals surface area contributed by atoms with Crippen LogP contribution >= 0.6 is 11.3 Å². The van der Waals surface area contributed by atoms with Gasteiger partial charge in [-0.2, -0.15) is 16.6 Å². The molecule has 5 nitrogen and oxygen atoms in total. The van der Waals surface area contributed by atoms with E-state index < -0.39 is 21.0 Å². The van der Waals surface area contributed by atoms with E-state index in [1.807, 2.05) is 22.9 Å². The molecule has 0 spiro atoms. The van der Waals surface area contributed by atoms with Gasteiger partial charge in [-0.25, -0.2) is 8.42 Å². The molecule has 0 amide bonds. The second kappa shape index (κ2) is 7.68. The number of aromatic nitrogens is 1. The van der Waals surface area contributed by atoms with Crippen LogP contribution in [0.4, 0.5) is 0 Å². The van der Waals surface area contributed by atoms with Gasteiger partial charge in [0.05, 0.1) is 22.4 Å². The van der Waals surface area contributed by atoms with E-state index in [9.17, 15) is 13.2 Å². The number of hydrogen-bond acceptors (Lipinski definition) is 6. The van der Waals surface area contributed by atoms with Gasteiger partial charge in [-0.15, -0.1) is 0 Å². The quantitative estimate of drug-likeness (QED) is 0.757. The summed E-state index contributed by atoms with van der Waals surface area (Å²) >= 11 is 1.54. The number of pyridine rings is 1. The van der Waals surface area contributed by atoms with Gasteiger partial charge < -0.3 is 0 Å². The van der Waals surface area contributed by atoms with Crippen molar-refractivity contribution in [2.24, 2.45) is 0 Å². The molecule has 0 aliphatic heterocycles. The molecule has 0 N–H and O–H groups in total. The summed E-state index contributed by atoms with van der Waals surface area (Å²) in [4.78, 5) is 17.1. The first-order valence-corrected chi connectivity index (χ1v) is 11.3. The Balaban J connectivity index is 1.78. The molecular weight excluding hydrogens is 368 g/mol. The largest absolute Gasteiger partial charge is 0.298 e. The first kappa shape index (κ1) is 18.7. The summed E-state index contributed by atoms with van der Waals surface area (Å²) in [7, 11) is -3.62. The van der Waals surface area contributed by atoms with Crippen LogP contribution in [-0.4, -0.2) is 24.9 Å². The minimum atomic E-state index is -3.62. The van der Waals surface area contributed by atoms with Crippen molar-refractivity contribution in [1.82, 2.24) is 4.98 Å². The van der Waals surface area contributed by atoms with Crippen LogP contribution in [0.15, 0.2) is 35.2 Å². The van der Waals surface area contributed by atoms with Crippen LogP contribution in [0, 0.1) is 11.3 Å². The zero-order chi connectivity index (χ0) is 18.6. The summed E-state index contributed by atoms with van der Waals surface area (Å²) in [5, 5.41) is 12.7. The summed E-state index contributed by atoms with van der Waals surface area (Å²) in [6.07, 6.45) is 5.75. The molecule has 136 valence electrons. The second-order valence-electron chi connectivity index (χ2n) is 6.76. The fourth-order valence-corrected chi connectivity index (χ4v) is 5.76. The molecule has 2 aromatic rings. The summed E-state index contributed by atoms with van der Waals surface area (Å²) < 4.78 is 25.2. The van der Waals surface area contributed by atoms with Crippen LogP contribution in [0.2, 0.25) is 0 Å². The smallest absolute Gasteiger partial charge is 0.163 e. The Bertz CT molecular complexity index is 905. The SMILES string of the molecule is N#Cc1ccc(CS(=O)(=O)CC(=O)C2(c3ccsc3)CCCCC2)nc1. The maximum absolute atomic E-state index is 13.1. The van der Waals surface area contributed by atoms with E-state index in [-0.39, 0.29) is 11.5 Å². The van der Waals surface area contributed by atoms with E-state index in [0.717, 1.165) is 24.8 Å². The molecule has 0 bridgehead atoms. The van der Waals surface area contributed by atoms with Crippen LogP contribution in [-0.2, 0) is 25.8 Å². The van der Waals surface area contributed by atoms with Crippen molar-refractivity contribution >= 4 is 27.0 Å². The normalized spacial score (nSPS) is 16.7. The standard InChI is InChI=1S/C19H20N2O3S2/c20-10-15-4-5-17(21-11-15)13-26(23,24)14-18(22)19(7-2-1-3-8-19)16-6-9-25-12-16/h4-6,9,11-12H,1-3,7-8,13-14H2. The number of nitrogens with zero attached hydrogens (tertiary/aromatic N) is 2. The Morgan fingerprint density at radius 2 is 2.00 bits per heavy atom. The predicted octanol–water partition coefficient (Wildman–Crippen LogP) is 3.40. The van der Waals surface area contributed by atoms with Crippen molar-refractivity contribution in [2.45, 2.75) is 43.3 Å². The van der Waals surface area contributed by atoms with Crippen molar-refractivity contribution in [3.05, 3.63) is 52.0 Å². The molecule has 0 atom stereocenters. The lowest BCUT2D eigenvalue weighted by Crippen LogP contribution is -2.41. The topological polar surface area (TPSA) is 87.9 Å². The highest BCUT2D eigenvalue weighted by atomic mass is 32.2. The summed E-state index contributed by atoms with van der Waals surface area (Å²) in [6.45, 7) is 0. The maximum atomic E-state index is 13.1. The third-order valence-corrected chi connectivity index (χ3v) is 7.11. The van der Waals surface area contributed by atoms with Crippen LogP contribution in [0.3, 0.4) is 0 Å². The number of sulfone groups is 1. The number of ketones is 1. The fraction of sp³-hybridized carbons (Fsp3) is 0.421. The molecule has 7 heteroatoms. The minimum Gasteiger partial charge on any atom is -0.298 e. The average molecular weight is 389 g/mol. The lowest BCUT2D eigenvalue weighted by atomic mass is 9.68. The van der Waals surface area contributed by atoms with Gasteiger partial charge in [0.15, 0.2) is 15.6 Å². The van der Waals surface area contributed by atoms with Crippen molar-refractivity contribution in [1.29, 1.82) is 5.26 Å². The monoisotopic (exact) mass is 388 g/mol. The lowest BCUT2D eigenvalue weighted by Gasteiger charge is -2.35. The van der Waals surface area contributed by atoms with E-state index >= 15 is 0 Å². The zero-order valence-corrected chi connectivity index (χ0v) is 16.0. The number of thiophene rings is 1. The Morgan fingerprint density at radius 1 is 1.23 bits per heavy atom. The first-order valence-electron chi connectivity index (χ1n) is 8.57. The lowest BCUT2D eigenvalue weighted by molar-refractivity contribution is -0.123. The summed E-state index contributed by atoms with van der Waals surface area (Å²) in [5.41, 5.74) is 1.02. The third-order valence-electron chi connectivity index (χ3n) is 4.99. The van der Waals surface area contributed by atoms with E-state index in [1.54, 1.807) is 0 Å². The van der Waals surface area contributed by atoms with Gasteiger partial charge in [0, 0.05) is 6.20 Å². The number of hydrogen-bond donors (Lipinski definition) is 0. The zero-order valence-electron chi connectivity index (χ0n) is 14.3. The van der Waals surface area contributed by atoms with Gasteiger partial charge in [0.2, 0.25) is 0 Å². The molecule has 0 unspecified atom stereocenters. The van der Waals surface area contributed by atoms with Gasteiger partial charge in [-0.1, -0.05) is 19.3 Å². The van der Waals surface area contributed by atoms with E-state index in [4.69, 9.17) is 5.26 Å². The Morgan fingerprint density at radius 3 is 2.58 bits per heavy atom. The van der Waals surface area contributed by atoms with Gasteiger partial charge in [-0.3, -0.25) is 9.78 Å². The van der Waals surface area contributed by atoms with Crippen LogP contribution in [0.25, 0.3) is 0 Å². The number of rotatable bonds is 6. The molecule has 0 radical (unpaired) electrons. The van der Waals surface area contributed by atoms with E-state index in [1.165, 1.54) is 29.7 Å². The number of Topliss-reactive ketones (excluding diaryl/α,β-unsaturated/α-hetero) is 1.